The number of rotatable bonds is 3. The number of carbonyl (C=O) groups excluding carboxylic acids is 1. The van der Waals surface area contributed by atoms with E-state index in [-0.39, 0.29) is 16.9 Å². The summed E-state index contributed by atoms with van der Waals surface area (Å²) in [5.41, 5.74) is 0.973. The number of amides is 1. The minimum atomic E-state index is -0.288. The summed E-state index contributed by atoms with van der Waals surface area (Å²) < 4.78 is 4.97. The summed E-state index contributed by atoms with van der Waals surface area (Å²) in [4.78, 5) is 15.4. The number of furan rings is 1. The zero-order valence-corrected chi connectivity index (χ0v) is 9.07. The molecule has 0 radical (unpaired) electrons. The van der Waals surface area contributed by atoms with E-state index < -0.39 is 0 Å². The van der Waals surface area contributed by atoms with Crippen LogP contribution in [-0.4, -0.2) is 10.9 Å². The Bertz CT molecular complexity index is 482. The van der Waals surface area contributed by atoms with Crippen LogP contribution in [0, 0.1) is 0 Å². The largest absolute Gasteiger partial charge is 0.440 e. The van der Waals surface area contributed by atoms with Crippen molar-refractivity contribution in [1.29, 1.82) is 0 Å². The van der Waals surface area contributed by atoms with Crippen LogP contribution in [0.25, 0.3) is 0 Å². The molecule has 2 aromatic heterocycles. The first-order valence-corrected chi connectivity index (χ1v) is 5.06. The maximum absolute atomic E-state index is 11.6. The van der Waals surface area contributed by atoms with Crippen LogP contribution in [0.15, 0.2) is 41.1 Å². The van der Waals surface area contributed by atoms with Gasteiger partial charge >= 0.3 is 0 Å². The highest BCUT2D eigenvalue weighted by Crippen LogP contribution is 2.12. The van der Waals surface area contributed by atoms with Crippen LogP contribution in [0.4, 0.5) is 0 Å². The molecule has 0 aromatic carbocycles. The summed E-state index contributed by atoms with van der Waals surface area (Å²) in [5.74, 6) is -0.0808. The summed E-state index contributed by atoms with van der Waals surface area (Å²) in [7, 11) is 0. The van der Waals surface area contributed by atoms with Crippen molar-refractivity contribution < 1.29 is 9.21 Å². The molecule has 0 fully saturated rings. The predicted molar refractivity (Wildman–Crippen MR) is 59.1 cm³/mol. The SMILES string of the molecule is O=C(NCc1ccncc1)c1ccc(Cl)o1. The van der Waals surface area contributed by atoms with E-state index in [0.29, 0.717) is 6.54 Å². The molecule has 82 valence electrons. The van der Waals surface area contributed by atoms with Crippen LogP contribution in [0.1, 0.15) is 16.1 Å². The van der Waals surface area contributed by atoms with Gasteiger partial charge in [-0.15, -0.1) is 0 Å². The van der Waals surface area contributed by atoms with E-state index in [1.54, 1.807) is 12.4 Å². The molecule has 0 unspecified atom stereocenters. The molecule has 0 aliphatic heterocycles. The minimum Gasteiger partial charge on any atom is -0.440 e. The van der Waals surface area contributed by atoms with Crippen LogP contribution in [-0.2, 0) is 6.54 Å². The van der Waals surface area contributed by atoms with Gasteiger partial charge in [-0.3, -0.25) is 9.78 Å². The topological polar surface area (TPSA) is 55.1 Å². The summed E-state index contributed by atoms with van der Waals surface area (Å²) in [5, 5.41) is 2.91. The van der Waals surface area contributed by atoms with E-state index in [4.69, 9.17) is 16.0 Å². The highest BCUT2D eigenvalue weighted by Gasteiger charge is 2.09. The molecule has 0 aliphatic rings. The third-order valence-corrected chi connectivity index (χ3v) is 2.20. The molecule has 4 nitrogen and oxygen atoms in total. The fourth-order valence-electron chi connectivity index (χ4n) is 1.21. The van der Waals surface area contributed by atoms with Crippen molar-refractivity contribution in [3.8, 4) is 0 Å². The maximum atomic E-state index is 11.6. The summed E-state index contributed by atoms with van der Waals surface area (Å²) in [6, 6.07) is 6.72. The fourth-order valence-corrected chi connectivity index (χ4v) is 1.35. The summed E-state index contributed by atoms with van der Waals surface area (Å²) >= 11 is 5.57. The Labute approximate surface area is 97.2 Å². The van der Waals surface area contributed by atoms with Gasteiger partial charge in [-0.2, -0.15) is 0 Å². The average molecular weight is 237 g/mol. The van der Waals surface area contributed by atoms with Crippen molar-refractivity contribution in [3.63, 3.8) is 0 Å². The quantitative estimate of drug-likeness (QED) is 0.889. The van der Waals surface area contributed by atoms with E-state index in [2.05, 4.69) is 10.3 Å². The number of carbonyl (C=O) groups is 1. The highest BCUT2D eigenvalue weighted by molar-refractivity contribution is 6.29. The minimum absolute atomic E-state index is 0.203. The molecule has 16 heavy (non-hydrogen) atoms. The van der Waals surface area contributed by atoms with Crippen molar-refractivity contribution >= 4 is 17.5 Å². The third-order valence-electron chi connectivity index (χ3n) is 2.00. The maximum Gasteiger partial charge on any atom is 0.287 e. The van der Waals surface area contributed by atoms with Gasteiger partial charge < -0.3 is 9.73 Å². The van der Waals surface area contributed by atoms with Gasteiger partial charge in [0, 0.05) is 18.9 Å². The first kappa shape index (κ1) is 10.7. The van der Waals surface area contributed by atoms with E-state index in [0.717, 1.165) is 5.56 Å². The van der Waals surface area contributed by atoms with Gasteiger partial charge in [0.25, 0.3) is 5.91 Å². The number of nitrogens with zero attached hydrogens (tertiary/aromatic N) is 1. The third kappa shape index (κ3) is 2.61. The highest BCUT2D eigenvalue weighted by atomic mass is 35.5. The number of pyridine rings is 1. The number of halogens is 1. The van der Waals surface area contributed by atoms with Crippen LogP contribution < -0.4 is 5.32 Å². The van der Waals surface area contributed by atoms with Crippen LogP contribution in [0.3, 0.4) is 0 Å². The standard InChI is InChI=1S/C11H9ClN2O2/c12-10-2-1-9(16-10)11(15)14-7-8-3-5-13-6-4-8/h1-6H,7H2,(H,14,15). The van der Waals surface area contributed by atoms with Crippen molar-refractivity contribution in [2.75, 3.05) is 0 Å². The molecule has 5 heteroatoms. The molecule has 0 spiro atoms. The number of aromatic nitrogens is 1. The molecule has 1 amide bonds. The first-order valence-electron chi connectivity index (χ1n) is 4.68. The molecule has 0 aliphatic carbocycles. The van der Waals surface area contributed by atoms with Crippen molar-refractivity contribution in [3.05, 3.63) is 53.2 Å². The van der Waals surface area contributed by atoms with E-state index in [1.807, 2.05) is 12.1 Å². The van der Waals surface area contributed by atoms with Gasteiger partial charge in [-0.05, 0) is 41.4 Å². The van der Waals surface area contributed by atoms with E-state index in [1.165, 1.54) is 12.1 Å². The summed E-state index contributed by atoms with van der Waals surface area (Å²) in [6.07, 6.45) is 3.34. The number of hydrogen-bond acceptors (Lipinski definition) is 3. The molecule has 1 N–H and O–H groups in total. The molecule has 2 rings (SSSR count). The zero-order valence-electron chi connectivity index (χ0n) is 8.31. The molecular formula is C11H9ClN2O2. The Hall–Kier alpha value is -1.81. The van der Waals surface area contributed by atoms with Gasteiger partial charge in [0.2, 0.25) is 0 Å². The lowest BCUT2D eigenvalue weighted by atomic mass is 10.2. The van der Waals surface area contributed by atoms with Crippen molar-refractivity contribution in [1.82, 2.24) is 10.3 Å². The molecule has 2 heterocycles. The lowest BCUT2D eigenvalue weighted by Gasteiger charge is -2.02. The Morgan fingerprint density at radius 3 is 2.69 bits per heavy atom. The normalized spacial score (nSPS) is 10.1. The van der Waals surface area contributed by atoms with E-state index in [9.17, 15) is 4.79 Å². The number of nitrogens with one attached hydrogen (secondary N) is 1. The van der Waals surface area contributed by atoms with E-state index >= 15 is 0 Å². The Balaban J connectivity index is 1.94. The molecule has 0 atom stereocenters. The Morgan fingerprint density at radius 1 is 1.31 bits per heavy atom. The van der Waals surface area contributed by atoms with Crippen molar-refractivity contribution in [2.24, 2.45) is 0 Å². The fraction of sp³-hybridized carbons (Fsp3) is 0.0909. The first-order chi connectivity index (χ1) is 7.75. The van der Waals surface area contributed by atoms with Gasteiger partial charge in [0.15, 0.2) is 11.0 Å². The Morgan fingerprint density at radius 2 is 2.06 bits per heavy atom. The van der Waals surface area contributed by atoms with Crippen molar-refractivity contribution in [2.45, 2.75) is 6.54 Å². The second-order valence-electron chi connectivity index (χ2n) is 3.14. The van der Waals surface area contributed by atoms with Gasteiger partial charge in [0.05, 0.1) is 0 Å². The van der Waals surface area contributed by atoms with Crippen LogP contribution in [0.2, 0.25) is 5.22 Å². The zero-order chi connectivity index (χ0) is 11.4. The Kier molecular flexibility index (Phi) is 3.22. The average Bonchev–Trinajstić information content (AvgIpc) is 2.74. The lowest BCUT2D eigenvalue weighted by molar-refractivity contribution is 0.0923. The molecule has 0 bridgehead atoms. The molecule has 0 saturated carbocycles. The molecule has 0 saturated heterocycles. The second-order valence-corrected chi connectivity index (χ2v) is 3.51. The monoisotopic (exact) mass is 236 g/mol. The second kappa shape index (κ2) is 4.81. The number of hydrogen-bond donors (Lipinski definition) is 1. The van der Waals surface area contributed by atoms with Crippen LogP contribution in [0.5, 0.6) is 0 Å². The predicted octanol–water partition coefficient (Wildman–Crippen LogP) is 2.26. The molecule has 2 aromatic rings. The lowest BCUT2D eigenvalue weighted by Crippen LogP contribution is -2.22. The van der Waals surface area contributed by atoms with Crippen LogP contribution >= 0.6 is 11.6 Å². The van der Waals surface area contributed by atoms with Gasteiger partial charge in [-0.1, -0.05) is 0 Å². The smallest absolute Gasteiger partial charge is 0.287 e. The van der Waals surface area contributed by atoms with Gasteiger partial charge in [-0.25, -0.2) is 0 Å². The van der Waals surface area contributed by atoms with Gasteiger partial charge in [0.1, 0.15) is 0 Å². The molecular weight excluding hydrogens is 228 g/mol. The summed E-state index contributed by atoms with van der Waals surface area (Å²) in [6.45, 7) is 0.430.